The van der Waals surface area contributed by atoms with Crippen molar-refractivity contribution < 1.29 is 0 Å². The van der Waals surface area contributed by atoms with E-state index < -0.39 is 0 Å². The third-order valence-corrected chi connectivity index (χ3v) is 4.66. The first-order valence-electron chi connectivity index (χ1n) is 6.85. The molecular weight excluding hydrogens is 310 g/mol. The lowest BCUT2D eigenvalue weighted by Crippen LogP contribution is -2.28. The Bertz CT molecular complexity index is 413. The summed E-state index contributed by atoms with van der Waals surface area (Å²) in [7, 11) is 0. The van der Waals surface area contributed by atoms with Crippen molar-refractivity contribution in [1.82, 2.24) is 0 Å². The van der Waals surface area contributed by atoms with Crippen LogP contribution < -0.4 is 4.90 Å². The number of nitrogens with zero attached hydrogens (tertiary/aromatic N) is 1. The van der Waals surface area contributed by atoms with Gasteiger partial charge in [-0.2, -0.15) is 0 Å². The van der Waals surface area contributed by atoms with Gasteiger partial charge in [-0.1, -0.05) is 22.0 Å². The highest BCUT2D eigenvalue weighted by atomic mass is 79.9. The van der Waals surface area contributed by atoms with E-state index in [4.69, 9.17) is 11.6 Å². The number of hydrogen-bond donors (Lipinski definition) is 0. The molecule has 0 amide bonds. The summed E-state index contributed by atoms with van der Waals surface area (Å²) in [5, 5.41) is 0. The Morgan fingerprint density at radius 3 is 2.22 bits per heavy atom. The molecule has 0 aliphatic heterocycles. The molecule has 2 aliphatic rings. The van der Waals surface area contributed by atoms with Crippen molar-refractivity contribution in [3.63, 3.8) is 0 Å². The summed E-state index contributed by atoms with van der Waals surface area (Å²) in [6.45, 7) is 2.44. The van der Waals surface area contributed by atoms with Crippen molar-refractivity contribution in [2.45, 2.75) is 31.6 Å². The van der Waals surface area contributed by atoms with Gasteiger partial charge in [0.15, 0.2) is 0 Å². The van der Waals surface area contributed by atoms with Gasteiger partial charge in [-0.3, -0.25) is 0 Å². The number of alkyl halides is 1. The molecule has 0 saturated heterocycles. The summed E-state index contributed by atoms with van der Waals surface area (Å²) >= 11 is 9.68. The lowest BCUT2D eigenvalue weighted by Gasteiger charge is -2.27. The Hall–Kier alpha value is -0.210. The molecule has 0 aromatic heterocycles. The SMILES string of the molecule is ClCc1ccc(Br)cc1N(CC1CC1)CC1CC1. The van der Waals surface area contributed by atoms with E-state index in [1.807, 2.05) is 0 Å². The van der Waals surface area contributed by atoms with Gasteiger partial charge in [-0.15, -0.1) is 11.6 Å². The Morgan fingerprint density at radius 2 is 1.72 bits per heavy atom. The Morgan fingerprint density at radius 1 is 1.11 bits per heavy atom. The molecule has 1 aromatic rings. The monoisotopic (exact) mass is 327 g/mol. The van der Waals surface area contributed by atoms with E-state index in [2.05, 4.69) is 39.0 Å². The van der Waals surface area contributed by atoms with Crippen LogP contribution in [-0.2, 0) is 5.88 Å². The zero-order valence-corrected chi connectivity index (χ0v) is 12.9. The Labute approximate surface area is 123 Å². The highest BCUT2D eigenvalue weighted by molar-refractivity contribution is 9.10. The Balaban J connectivity index is 1.83. The van der Waals surface area contributed by atoms with Gasteiger partial charge < -0.3 is 4.90 Å². The Kier molecular flexibility index (Phi) is 3.86. The molecule has 0 radical (unpaired) electrons. The van der Waals surface area contributed by atoms with Crippen molar-refractivity contribution in [1.29, 1.82) is 0 Å². The average molecular weight is 329 g/mol. The average Bonchev–Trinajstić information content (AvgIpc) is 3.23. The molecule has 98 valence electrons. The molecule has 0 N–H and O–H groups in total. The molecule has 0 spiro atoms. The van der Waals surface area contributed by atoms with E-state index in [0.29, 0.717) is 5.88 Å². The van der Waals surface area contributed by atoms with E-state index in [1.54, 1.807) is 0 Å². The first-order chi connectivity index (χ1) is 8.76. The molecule has 1 nitrogen and oxygen atoms in total. The highest BCUT2D eigenvalue weighted by Gasteiger charge is 2.30. The molecule has 0 bridgehead atoms. The van der Waals surface area contributed by atoms with Crippen LogP contribution in [0.2, 0.25) is 0 Å². The summed E-state index contributed by atoms with van der Waals surface area (Å²) < 4.78 is 1.16. The van der Waals surface area contributed by atoms with Crippen LogP contribution in [0.25, 0.3) is 0 Å². The van der Waals surface area contributed by atoms with Crippen LogP contribution in [0.15, 0.2) is 22.7 Å². The zero-order valence-electron chi connectivity index (χ0n) is 10.5. The maximum Gasteiger partial charge on any atom is 0.0494 e. The fraction of sp³-hybridized carbons (Fsp3) is 0.600. The van der Waals surface area contributed by atoms with Crippen LogP contribution in [-0.4, -0.2) is 13.1 Å². The molecule has 0 heterocycles. The van der Waals surface area contributed by atoms with E-state index in [9.17, 15) is 0 Å². The normalized spacial score (nSPS) is 19.0. The molecule has 2 aliphatic carbocycles. The van der Waals surface area contributed by atoms with E-state index in [1.165, 1.54) is 50.0 Å². The first-order valence-corrected chi connectivity index (χ1v) is 8.18. The number of hydrogen-bond acceptors (Lipinski definition) is 1. The van der Waals surface area contributed by atoms with E-state index >= 15 is 0 Å². The number of anilines is 1. The molecule has 0 atom stereocenters. The number of benzene rings is 1. The second kappa shape index (κ2) is 5.42. The van der Waals surface area contributed by atoms with Crippen LogP contribution in [0.3, 0.4) is 0 Å². The molecule has 2 fully saturated rings. The quantitative estimate of drug-likeness (QED) is 0.677. The highest BCUT2D eigenvalue weighted by Crippen LogP contribution is 2.37. The fourth-order valence-electron chi connectivity index (χ4n) is 2.44. The summed E-state index contributed by atoms with van der Waals surface area (Å²) in [4.78, 5) is 2.58. The van der Waals surface area contributed by atoms with Gasteiger partial charge in [0.25, 0.3) is 0 Å². The van der Waals surface area contributed by atoms with Gasteiger partial charge in [-0.25, -0.2) is 0 Å². The molecule has 1 aromatic carbocycles. The third-order valence-electron chi connectivity index (χ3n) is 3.88. The minimum absolute atomic E-state index is 0.606. The van der Waals surface area contributed by atoms with Crippen LogP contribution in [0.4, 0.5) is 5.69 Å². The second-order valence-corrected chi connectivity index (χ2v) is 6.88. The van der Waals surface area contributed by atoms with Gasteiger partial charge in [0.2, 0.25) is 0 Å². The predicted octanol–water partition coefficient (Wildman–Crippen LogP) is 4.81. The predicted molar refractivity (Wildman–Crippen MR) is 81.4 cm³/mol. The van der Waals surface area contributed by atoms with Crippen molar-refractivity contribution in [3.8, 4) is 0 Å². The number of rotatable bonds is 6. The third kappa shape index (κ3) is 3.21. The summed E-state index contributed by atoms with van der Waals surface area (Å²) in [5.41, 5.74) is 2.61. The zero-order chi connectivity index (χ0) is 12.5. The van der Waals surface area contributed by atoms with Crippen molar-refractivity contribution in [2.75, 3.05) is 18.0 Å². The topological polar surface area (TPSA) is 3.24 Å². The van der Waals surface area contributed by atoms with Crippen molar-refractivity contribution >= 4 is 33.2 Å². The molecule has 18 heavy (non-hydrogen) atoms. The maximum absolute atomic E-state index is 6.09. The first kappa shape index (κ1) is 12.8. The van der Waals surface area contributed by atoms with Crippen LogP contribution in [0, 0.1) is 11.8 Å². The fourth-order valence-corrected chi connectivity index (χ4v) is 3.01. The summed E-state index contributed by atoms with van der Waals surface area (Å²) in [5.74, 6) is 2.45. The summed E-state index contributed by atoms with van der Waals surface area (Å²) in [6, 6.07) is 6.48. The molecular formula is C15H19BrClN. The van der Waals surface area contributed by atoms with Gasteiger partial charge in [0.1, 0.15) is 0 Å². The maximum atomic E-state index is 6.09. The van der Waals surface area contributed by atoms with Gasteiger partial charge in [0.05, 0.1) is 0 Å². The standard InChI is InChI=1S/C15H19BrClN/c16-14-6-5-13(8-17)15(7-14)18(9-11-1-2-11)10-12-3-4-12/h5-7,11-12H,1-4,8-10H2. The van der Waals surface area contributed by atoms with Crippen LogP contribution >= 0.6 is 27.5 Å². The van der Waals surface area contributed by atoms with Gasteiger partial charge >= 0.3 is 0 Å². The van der Waals surface area contributed by atoms with Crippen molar-refractivity contribution in [2.24, 2.45) is 11.8 Å². The van der Waals surface area contributed by atoms with Crippen LogP contribution in [0.5, 0.6) is 0 Å². The largest absolute Gasteiger partial charge is 0.371 e. The van der Waals surface area contributed by atoms with E-state index in [-0.39, 0.29) is 0 Å². The molecule has 3 rings (SSSR count). The lowest BCUT2D eigenvalue weighted by molar-refractivity contribution is 0.677. The van der Waals surface area contributed by atoms with Gasteiger partial charge in [0, 0.05) is 29.1 Å². The second-order valence-electron chi connectivity index (χ2n) is 5.70. The smallest absolute Gasteiger partial charge is 0.0494 e. The number of halogens is 2. The molecule has 0 unspecified atom stereocenters. The minimum Gasteiger partial charge on any atom is -0.371 e. The minimum atomic E-state index is 0.606. The lowest BCUT2D eigenvalue weighted by atomic mass is 10.1. The van der Waals surface area contributed by atoms with Crippen LogP contribution in [0.1, 0.15) is 31.2 Å². The van der Waals surface area contributed by atoms with Crippen molar-refractivity contribution in [3.05, 3.63) is 28.2 Å². The summed E-state index contributed by atoms with van der Waals surface area (Å²) in [6.07, 6.45) is 5.63. The molecule has 2 saturated carbocycles. The van der Waals surface area contributed by atoms with E-state index in [0.717, 1.165) is 16.3 Å². The molecule has 3 heteroatoms. The van der Waals surface area contributed by atoms with Gasteiger partial charge in [-0.05, 0) is 55.2 Å².